The van der Waals surface area contributed by atoms with Crippen molar-refractivity contribution in [2.24, 2.45) is 0 Å². The Bertz CT molecular complexity index is 876. The fraction of sp³-hybridized carbons (Fsp3) is 0.150. The smallest absolute Gasteiger partial charge is 0.271 e. The van der Waals surface area contributed by atoms with E-state index in [1.807, 2.05) is 54.6 Å². The van der Waals surface area contributed by atoms with Crippen LogP contribution in [-0.4, -0.2) is 21.9 Å². The second-order valence-electron chi connectivity index (χ2n) is 6.10. The zero-order valence-electron chi connectivity index (χ0n) is 14.1. The van der Waals surface area contributed by atoms with Crippen LogP contribution < -0.4 is 15.4 Å². The Morgan fingerprint density at radius 2 is 1.65 bits per heavy atom. The molecule has 0 bridgehead atoms. The first-order chi connectivity index (χ1) is 12.8. The topological polar surface area (TPSA) is 76.1 Å². The lowest BCUT2D eigenvalue weighted by molar-refractivity contribution is 0.0945. The Labute approximate surface area is 151 Å². The van der Waals surface area contributed by atoms with Crippen LogP contribution in [0.15, 0.2) is 67.0 Å². The lowest BCUT2D eigenvalue weighted by Crippen LogP contribution is -2.26. The van der Waals surface area contributed by atoms with E-state index in [0.29, 0.717) is 17.6 Å². The molecule has 0 saturated heterocycles. The third-order valence-electron chi connectivity index (χ3n) is 3.90. The number of carbonyl (C=O) groups excluding carboxylic acids is 1. The minimum absolute atomic E-state index is 0.172. The molecule has 4 rings (SSSR count). The highest BCUT2D eigenvalue weighted by atomic mass is 16.5. The Kier molecular flexibility index (Phi) is 4.47. The van der Waals surface area contributed by atoms with Gasteiger partial charge in [-0.2, -0.15) is 0 Å². The lowest BCUT2D eigenvalue weighted by Gasteiger charge is -2.08. The lowest BCUT2D eigenvalue weighted by atomic mass is 10.3. The summed E-state index contributed by atoms with van der Waals surface area (Å²) in [5, 5.41) is 6.04. The van der Waals surface area contributed by atoms with Gasteiger partial charge in [0.2, 0.25) is 0 Å². The number of anilines is 2. The number of carbonyl (C=O) groups is 1. The molecular formula is C20H18N4O2. The van der Waals surface area contributed by atoms with Crippen LogP contribution in [0.2, 0.25) is 0 Å². The van der Waals surface area contributed by atoms with Crippen LogP contribution in [-0.2, 0) is 0 Å². The maximum absolute atomic E-state index is 11.9. The average Bonchev–Trinajstić information content (AvgIpc) is 3.49. The number of rotatable bonds is 6. The standard InChI is InChI=1S/C20H18N4O2/c25-20(24-15-6-7-15)18-12-22-19(13-21-18)23-14-8-10-17(11-9-14)26-16-4-2-1-3-5-16/h1-5,8-13,15H,6-7H2,(H,22,23)(H,24,25). The molecule has 1 heterocycles. The highest BCUT2D eigenvalue weighted by molar-refractivity contribution is 5.92. The van der Waals surface area contributed by atoms with Gasteiger partial charge in [0, 0.05) is 11.7 Å². The first kappa shape index (κ1) is 16.1. The van der Waals surface area contributed by atoms with Gasteiger partial charge in [0.1, 0.15) is 23.0 Å². The van der Waals surface area contributed by atoms with Gasteiger partial charge < -0.3 is 15.4 Å². The molecular weight excluding hydrogens is 328 g/mol. The van der Waals surface area contributed by atoms with Crippen LogP contribution in [0.3, 0.4) is 0 Å². The molecule has 1 aliphatic carbocycles. The Morgan fingerprint density at radius 3 is 2.31 bits per heavy atom. The van der Waals surface area contributed by atoms with Crippen LogP contribution in [0.25, 0.3) is 0 Å². The first-order valence-corrected chi connectivity index (χ1v) is 8.49. The van der Waals surface area contributed by atoms with Gasteiger partial charge in [0.15, 0.2) is 0 Å². The van der Waals surface area contributed by atoms with Crippen molar-refractivity contribution in [1.82, 2.24) is 15.3 Å². The second-order valence-corrected chi connectivity index (χ2v) is 6.10. The predicted molar refractivity (Wildman–Crippen MR) is 98.8 cm³/mol. The molecule has 0 spiro atoms. The Balaban J connectivity index is 1.36. The molecule has 2 N–H and O–H groups in total. The number of benzene rings is 2. The Hall–Kier alpha value is -3.41. The molecule has 3 aromatic rings. The zero-order valence-corrected chi connectivity index (χ0v) is 14.1. The molecule has 0 radical (unpaired) electrons. The Morgan fingerprint density at radius 1 is 0.923 bits per heavy atom. The summed E-state index contributed by atoms with van der Waals surface area (Å²) in [5.74, 6) is 1.94. The highest BCUT2D eigenvalue weighted by Gasteiger charge is 2.24. The van der Waals surface area contributed by atoms with Crippen molar-refractivity contribution in [1.29, 1.82) is 0 Å². The molecule has 26 heavy (non-hydrogen) atoms. The van der Waals surface area contributed by atoms with E-state index in [-0.39, 0.29) is 5.91 Å². The molecule has 0 aliphatic heterocycles. The summed E-state index contributed by atoms with van der Waals surface area (Å²) < 4.78 is 5.76. The van der Waals surface area contributed by atoms with Crippen molar-refractivity contribution >= 4 is 17.4 Å². The largest absolute Gasteiger partial charge is 0.457 e. The van der Waals surface area contributed by atoms with Gasteiger partial charge in [0.25, 0.3) is 5.91 Å². The number of ether oxygens (including phenoxy) is 1. The minimum atomic E-state index is -0.172. The summed E-state index contributed by atoms with van der Waals surface area (Å²) in [6.45, 7) is 0. The van der Waals surface area contributed by atoms with Crippen molar-refractivity contribution in [3.05, 3.63) is 72.7 Å². The molecule has 2 aromatic carbocycles. The SMILES string of the molecule is O=C(NC1CC1)c1cnc(Nc2ccc(Oc3ccccc3)cc2)cn1. The van der Waals surface area contributed by atoms with E-state index in [0.717, 1.165) is 30.0 Å². The maximum Gasteiger partial charge on any atom is 0.271 e. The molecule has 1 saturated carbocycles. The van der Waals surface area contributed by atoms with Crippen molar-refractivity contribution in [2.45, 2.75) is 18.9 Å². The second kappa shape index (κ2) is 7.23. The van der Waals surface area contributed by atoms with E-state index in [2.05, 4.69) is 20.6 Å². The van der Waals surface area contributed by atoms with E-state index < -0.39 is 0 Å². The summed E-state index contributed by atoms with van der Waals surface area (Å²) >= 11 is 0. The van der Waals surface area contributed by atoms with E-state index in [1.165, 1.54) is 6.20 Å². The summed E-state index contributed by atoms with van der Waals surface area (Å²) in [6.07, 6.45) is 5.12. The minimum Gasteiger partial charge on any atom is -0.457 e. The van der Waals surface area contributed by atoms with Gasteiger partial charge >= 0.3 is 0 Å². The number of aromatic nitrogens is 2. The predicted octanol–water partition coefficient (Wildman–Crippen LogP) is 3.90. The van der Waals surface area contributed by atoms with Gasteiger partial charge in [-0.05, 0) is 49.2 Å². The van der Waals surface area contributed by atoms with Crippen molar-refractivity contribution in [3.63, 3.8) is 0 Å². The molecule has 1 aliphatic rings. The van der Waals surface area contributed by atoms with E-state index >= 15 is 0 Å². The van der Waals surface area contributed by atoms with Gasteiger partial charge in [-0.15, -0.1) is 0 Å². The number of hydrogen-bond donors (Lipinski definition) is 2. The summed E-state index contributed by atoms with van der Waals surface area (Å²) in [5.41, 5.74) is 1.18. The molecule has 1 fully saturated rings. The first-order valence-electron chi connectivity index (χ1n) is 8.49. The molecule has 1 aromatic heterocycles. The van der Waals surface area contributed by atoms with Crippen molar-refractivity contribution < 1.29 is 9.53 Å². The number of amides is 1. The summed E-state index contributed by atoms with van der Waals surface area (Å²) in [6, 6.07) is 17.5. The van der Waals surface area contributed by atoms with Crippen molar-refractivity contribution in [2.75, 3.05) is 5.32 Å². The normalized spacial score (nSPS) is 13.1. The fourth-order valence-electron chi connectivity index (χ4n) is 2.38. The quantitative estimate of drug-likeness (QED) is 0.708. The number of hydrogen-bond acceptors (Lipinski definition) is 5. The van der Waals surface area contributed by atoms with E-state index in [1.54, 1.807) is 6.20 Å². The zero-order chi connectivity index (χ0) is 17.8. The maximum atomic E-state index is 11.9. The van der Waals surface area contributed by atoms with Gasteiger partial charge in [-0.25, -0.2) is 9.97 Å². The highest BCUT2D eigenvalue weighted by Crippen LogP contribution is 2.24. The molecule has 6 nitrogen and oxygen atoms in total. The van der Waals surface area contributed by atoms with Gasteiger partial charge in [-0.1, -0.05) is 18.2 Å². The molecule has 0 unspecified atom stereocenters. The summed E-state index contributed by atoms with van der Waals surface area (Å²) in [7, 11) is 0. The fourth-order valence-corrected chi connectivity index (χ4v) is 2.38. The van der Waals surface area contributed by atoms with Crippen LogP contribution in [0.4, 0.5) is 11.5 Å². The van der Waals surface area contributed by atoms with E-state index in [9.17, 15) is 4.79 Å². The van der Waals surface area contributed by atoms with Gasteiger partial charge in [0.05, 0.1) is 12.4 Å². The molecule has 130 valence electrons. The van der Waals surface area contributed by atoms with Crippen LogP contribution in [0.1, 0.15) is 23.3 Å². The number of nitrogens with one attached hydrogen (secondary N) is 2. The van der Waals surface area contributed by atoms with Crippen molar-refractivity contribution in [3.8, 4) is 11.5 Å². The monoisotopic (exact) mass is 346 g/mol. The van der Waals surface area contributed by atoms with Crippen LogP contribution in [0, 0.1) is 0 Å². The third-order valence-corrected chi connectivity index (χ3v) is 3.90. The molecule has 6 heteroatoms. The molecule has 1 amide bonds. The van der Waals surface area contributed by atoms with Gasteiger partial charge in [-0.3, -0.25) is 4.79 Å². The average molecular weight is 346 g/mol. The van der Waals surface area contributed by atoms with Crippen LogP contribution in [0.5, 0.6) is 11.5 Å². The number of nitrogens with zero attached hydrogens (tertiary/aromatic N) is 2. The van der Waals surface area contributed by atoms with E-state index in [4.69, 9.17) is 4.74 Å². The number of para-hydroxylation sites is 1. The third kappa shape index (κ3) is 4.16. The summed E-state index contributed by atoms with van der Waals surface area (Å²) in [4.78, 5) is 20.3. The van der Waals surface area contributed by atoms with Crippen LogP contribution >= 0.6 is 0 Å². The molecule has 0 atom stereocenters.